The minimum absolute atomic E-state index is 0.0109. The normalized spacial score (nSPS) is 11.3. The molecule has 7 nitrogen and oxygen atoms in total. The summed E-state index contributed by atoms with van der Waals surface area (Å²) in [7, 11) is 0. The molecule has 42 heavy (non-hydrogen) atoms. The molecular weight excluding hydrogens is 545 g/mol. The maximum Gasteiger partial charge on any atom is 0.416 e. The third-order valence-corrected chi connectivity index (χ3v) is 6.60. The van der Waals surface area contributed by atoms with Gasteiger partial charge in [-0.2, -0.15) is 13.2 Å². The van der Waals surface area contributed by atoms with E-state index in [4.69, 9.17) is 4.74 Å². The van der Waals surface area contributed by atoms with E-state index in [-0.39, 0.29) is 18.7 Å². The molecule has 0 atom stereocenters. The Bertz CT molecular complexity index is 1730. The Morgan fingerprint density at radius 1 is 0.929 bits per heavy atom. The molecule has 0 aliphatic rings. The second-order valence-corrected chi connectivity index (χ2v) is 9.48. The van der Waals surface area contributed by atoms with Crippen LogP contribution in [0.2, 0.25) is 0 Å². The molecule has 0 aliphatic heterocycles. The molecule has 5 rings (SSSR count). The van der Waals surface area contributed by atoms with Crippen molar-refractivity contribution in [2.24, 2.45) is 0 Å². The number of carbonyl (C=O) groups is 2. The molecule has 10 heteroatoms. The number of esters is 1. The number of fused-ring (bicyclic) bond motifs is 1. The fourth-order valence-electron chi connectivity index (χ4n) is 4.71. The third kappa shape index (κ3) is 6.43. The highest BCUT2D eigenvalue weighted by Gasteiger charge is 2.33. The van der Waals surface area contributed by atoms with Gasteiger partial charge < -0.3 is 19.9 Å². The van der Waals surface area contributed by atoms with E-state index in [9.17, 15) is 22.8 Å². The second kappa shape index (κ2) is 12.2. The molecule has 1 amide bonds. The van der Waals surface area contributed by atoms with Crippen LogP contribution in [0, 0.1) is 0 Å². The van der Waals surface area contributed by atoms with E-state index < -0.39 is 30.0 Å². The number of nitrogens with one attached hydrogen (secondary N) is 2. The van der Waals surface area contributed by atoms with Gasteiger partial charge in [0.2, 0.25) is 5.91 Å². The van der Waals surface area contributed by atoms with Crippen molar-refractivity contribution in [3.63, 3.8) is 0 Å². The van der Waals surface area contributed by atoms with Crippen molar-refractivity contribution in [3.05, 3.63) is 108 Å². The lowest BCUT2D eigenvalue weighted by Crippen LogP contribution is -2.19. The Hall–Kier alpha value is -5.12. The van der Waals surface area contributed by atoms with E-state index in [1.807, 2.05) is 60.7 Å². The largest absolute Gasteiger partial charge is 0.466 e. The van der Waals surface area contributed by atoms with Gasteiger partial charge in [-0.05, 0) is 54.3 Å². The van der Waals surface area contributed by atoms with Crippen LogP contribution in [0.1, 0.15) is 24.5 Å². The lowest BCUT2D eigenvalue weighted by molar-refractivity contribution is -0.145. The molecule has 0 spiro atoms. The molecular formula is C32H27F3N4O3. The van der Waals surface area contributed by atoms with Crippen molar-refractivity contribution in [1.29, 1.82) is 0 Å². The van der Waals surface area contributed by atoms with E-state index in [0.29, 0.717) is 22.9 Å². The highest BCUT2D eigenvalue weighted by molar-refractivity contribution is 6.10. The predicted molar refractivity (Wildman–Crippen MR) is 155 cm³/mol. The van der Waals surface area contributed by atoms with Crippen LogP contribution >= 0.6 is 0 Å². The average molecular weight is 573 g/mol. The zero-order valence-electron chi connectivity index (χ0n) is 22.6. The Labute approximate surface area is 240 Å². The molecule has 1 aromatic heterocycles. The molecule has 0 saturated heterocycles. The van der Waals surface area contributed by atoms with E-state index in [2.05, 4.69) is 15.6 Å². The van der Waals surface area contributed by atoms with Crippen molar-refractivity contribution >= 4 is 39.7 Å². The Balaban J connectivity index is 1.38. The van der Waals surface area contributed by atoms with Gasteiger partial charge in [-0.1, -0.05) is 48.5 Å². The number of ether oxygens (including phenoxy) is 1. The number of hydrogen-bond acceptors (Lipinski definition) is 5. The van der Waals surface area contributed by atoms with Gasteiger partial charge in [0.15, 0.2) is 0 Å². The molecule has 0 unspecified atom stereocenters. The minimum Gasteiger partial charge on any atom is -0.466 e. The first kappa shape index (κ1) is 28.4. The third-order valence-electron chi connectivity index (χ3n) is 6.60. The van der Waals surface area contributed by atoms with Gasteiger partial charge in [-0.15, -0.1) is 0 Å². The van der Waals surface area contributed by atoms with Crippen LogP contribution in [0.25, 0.3) is 22.2 Å². The van der Waals surface area contributed by atoms with E-state index in [0.717, 1.165) is 22.4 Å². The van der Waals surface area contributed by atoms with Gasteiger partial charge in [0.1, 0.15) is 12.2 Å². The first-order chi connectivity index (χ1) is 20.2. The van der Waals surface area contributed by atoms with E-state index >= 15 is 0 Å². The SMILES string of the molecule is CCOC(=O)CC(=O)Nc1c(Nc2ccc(-c3nccn3Cc3ccccc3C(F)(F)F)cc2)ccc2ccccc12. The Morgan fingerprint density at radius 3 is 2.43 bits per heavy atom. The maximum absolute atomic E-state index is 13.5. The summed E-state index contributed by atoms with van der Waals surface area (Å²) in [6.07, 6.45) is -1.66. The van der Waals surface area contributed by atoms with Crippen LogP contribution in [0.3, 0.4) is 0 Å². The smallest absolute Gasteiger partial charge is 0.416 e. The van der Waals surface area contributed by atoms with Gasteiger partial charge in [-0.25, -0.2) is 4.98 Å². The van der Waals surface area contributed by atoms with Crippen molar-refractivity contribution in [2.45, 2.75) is 26.1 Å². The summed E-state index contributed by atoms with van der Waals surface area (Å²) in [6, 6.07) is 24.1. The number of hydrogen-bond donors (Lipinski definition) is 2. The fourth-order valence-corrected chi connectivity index (χ4v) is 4.71. The molecule has 2 N–H and O–H groups in total. The van der Waals surface area contributed by atoms with Crippen molar-refractivity contribution in [3.8, 4) is 11.4 Å². The zero-order valence-corrected chi connectivity index (χ0v) is 22.6. The number of carbonyl (C=O) groups excluding carboxylic acids is 2. The fraction of sp³-hybridized carbons (Fsp3) is 0.156. The number of amides is 1. The summed E-state index contributed by atoms with van der Waals surface area (Å²) < 4.78 is 47.1. The second-order valence-electron chi connectivity index (χ2n) is 9.48. The van der Waals surface area contributed by atoms with Crippen LogP contribution in [0.15, 0.2) is 97.3 Å². The highest BCUT2D eigenvalue weighted by Crippen LogP contribution is 2.35. The average Bonchev–Trinajstić information content (AvgIpc) is 3.42. The summed E-state index contributed by atoms with van der Waals surface area (Å²) in [4.78, 5) is 28.9. The summed E-state index contributed by atoms with van der Waals surface area (Å²) in [5.41, 5.74) is 2.03. The molecule has 0 aliphatic carbocycles. The standard InChI is InChI=1S/C32H27F3N4O3/c1-2-42-29(41)19-28(40)38-30-25-9-5-3-7-21(25)13-16-27(30)37-24-14-11-22(12-15-24)31-36-17-18-39(31)20-23-8-4-6-10-26(23)32(33,34)35/h3-18,37H,2,19-20H2,1H3,(H,38,40). The number of rotatable bonds is 9. The van der Waals surface area contributed by atoms with Gasteiger partial charge in [-0.3, -0.25) is 9.59 Å². The van der Waals surface area contributed by atoms with Gasteiger partial charge >= 0.3 is 12.1 Å². The van der Waals surface area contributed by atoms with Crippen molar-refractivity contribution in [1.82, 2.24) is 9.55 Å². The summed E-state index contributed by atoms with van der Waals surface area (Å²) in [5, 5.41) is 7.86. The lowest BCUT2D eigenvalue weighted by Gasteiger charge is -2.17. The lowest BCUT2D eigenvalue weighted by atomic mass is 10.1. The Morgan fingerprint density at radius 2 is 1.67 bits per heavy atom. The van der Waals surface area contributed by atoms with Gasteiger partial charge in [0.25, 0.3) is 0 Å². The topological polar surface area (TPSA) is 85.2 Å². The Kier molecular flexibility index (Phi) is 8.24. The number of aromatic nitrogens is 2. The van der Waals surface area contributed by atoms with Crippen LogP contribution in [0.4, 0.5) is 30.2 Å². The number of nitrogens with zero attached hydrogens (tertiary/aromatic N) is 2. The van der Waals surface area contributed by atoms with E-state index in [1.54, 1.807) is 30.0 Å². The molecule has 0 saturated carbocycles. The first-order valence-corrected chi connectivity index (χ1v) is 13.2. The minimum atomic E-state index is -4.45. The van der Waals surface area contributed by atoms with Crippen LogP contribution in [-0.4, -0.2) is 28.0 Å². The molecule has 0 fully saturated rings. The quantitative estimate of drug-likeness (QED) is 0.142. The summed E-state index contributed by atoms with van der Waals surface area (Å²) in [5.74, 6) is -0.584. The predicted octanol–water partition coefficient (Wildman–Crippen LogP) is 7.41. The van der Waals surface area contributed by atoms with Gasteiger partial charge in [0.05, 0.1) is 23.5 Å². The number of anilines is 3. The molecule has 4 aromatic carbocycles. The van der Waals surface area contributed by atoms with Crippen LogP contribution in [-0.2, 0) is 27.0 Å². The first-order valence-electron chi connectivity index (χ1n) is 13.2. The monoisotopic (exact) mass is 572 g/mol. The maximum atomic E-state index is 13.5. The zero-order chi connectivity index (χ0) is 29.7. The number of alkyl halides is 3. The summed E-state index contributed by atoms with van der Waals surface area (Å²) >= 11 is 0. The molecule has 5 aromatic rings. The van der Waals surface area contributed by atoms with Crippen LogP contribution < -0.4 is 10.6 Å². The highest BCUT2D eigenvalue weighted by atomic mass is 19.4. The van der Waals surface area contributed by atoms with Gasteiger partial charge in [0, 0.05) is 35.6 Å². The number of imidazole rings is 1. The molecule has 0 radical (unpaired) electrons. The molecule has 0 bridgehead atoms. The number of benzene rings is 4. The van der Waals surface area contributed by atoms with Crippen molar-refractivity contribution in [2.75, 3.05) is 17.2 Å². The van der Waals surface area contributed by atoms with Crippen molar-refractivity contribution < 1.29 is 27.5 Å². The number of halogens is 3. The molecule has 214 valence electrons. The molecule has 1 heterocycles. The van der Waals surface area contributed by atoms with Crippen LogP contribution in [0.5, 0.6) is 0 Å². The summed E-state index contributed by atoms with van der Waals surface area (Å²) in [6.45, 7) is 1.87. The van der Waals surface area contributed by atoms with E-state index in [1.165, 1.54) is 12.1 Å².